The van der Waals surface area contributed by atoms with Gasteiger partial charge in [-0.2, -0.15) is 14.6 Å². The van der Waals surface area contributed by atoms with E-state index in [1.807, 2.05) is 16.6 Å². The van der Waals surface area contributed by atoms with Gasteiger partial charge in [0.2, 0.25) is 5.95 Å². The van der Waals surface area contributed by atoms with Crippen molar-refractivity contribution in [2.75, 3.05) is 29.9 Å². The Morgan fingerprint density at radius 2 is 2.03 bits per heavy atom. The molecule has 0 bridgehead atoms. The molecule has 1 saturated heterocycles. The average Bonchev–Trinajstić information content (AvgIpc) is 3.24. The highest BCUT2D eigenvalue weighted by Crippen LogP contribution is 2.25. The molecule has 0 aromatic carbocycles. The van der Waals surface area contributed by atoms with Gasteiger partial charge in [0.15, 0.2) is 17.1 Å². The Bertz CT molecular complexity index is 1290. The van der Waals surface area contributed by atoms with E-state index in [0.717, 1.165) is 30.4 Å². The Morgan fingerprint density at radius 3 is 2.80 bits per heavy atom. The van der Waals surface area contributed by atoms with Crippen molar-refractivity contribution in [3.05, 3.63) is 34.5 Å². The lowest BCUT2D eigenvalue weighted by Crippen LogP contribution is -2.50. The number of nitrogens with one attached hydrogen (secondary N) is 2. The van der Waals surface area contributed by atoms with Crippen molar-refractivity contribution in [3.63, 3.8) is 0 Å². The van der Waals surface area contributed by atoms with Crippen LogP contribution in [0.1, 0.15) is 26.6 Å². The van der Waals surface area contributed by atoms with Crippen molar-refractivity contribution in [1.82, 2.24) is 39.6 Å². The van der Waals surface area contributed by atoms with E-state index in [1.54, 1.807) is 11.7 Å². The molecule has 11 nitrogen and oxygen atoms in total. The molecule has 4 aromatic rings. The molecule has 0 spiro atoms. The van der Waals surface area contributed by atoms with Gasteiger partial charge in [-0.25, -0.2) is 0 Å². The average molecular weight is 408 g/mol. The largest absolute Gasteiger partial charge is 0.355 e. The summed E-state index contributed by atoms with van der Waals surface area (Å²) in [6.07, 6.45) is 1.53. The highest BCUT2D eigenvalue weighted by atomic mass is 16.1. The summed E-state index contributed by atoms with van der Waals surface area (Å²) in [7, 11) is 1.77. The molecule has 1 aliphatic heterocycles. The first-order valence-electron chi connectivity index (χ1n) is 9.93. The predicted octanol–water partition coefficient (Wildman–Crippen LogP) is 0.940. The van der Waals surface area contributed by atoms with E-state index in [1.165, 1.54) is 6.20 Å². The summed E-state index contributed by atoms with van der Waals surface area (Å²) < 4.78 is 3.43. The monoisotopic (exact) mass is 408 g/mol. The maximum absolute atomic E-state index is 12.1. The van der Waals surface area contributed by atoms with Crippen LogP contribution in [0.2, 0.25) is 0 Å². The molecule has 5 rings (SSSR count). The third kappa shape index (κ3) is 3.06. The van der Waals surface area contributed by atoms with Crippen LogP contribution in [0.3, 0.4) is 0 Å². The summed E-state index contributed by atoms with van der Waals surface area (Å²) in [5.41, 5.74) is 0.998. The molecular weight excluding hydrogens is 384 g/mol. The third-order valence-corrected chi connectivity index (χ3v) is 5.36. The standard InChI is InChI=1S/C19H24N10O/c1-19(2,3)17-25-24-13-5-6-14(26-29(13)17)28-9-11(10-28)7-20-18-22-15-12(16(30)23-18)8-21-27(15)4/h5-6,8,11H,7,9-10H2,1-4H3,(H2,20,22,23,30). The molecule has 0 saturated carbocycles. The minimum Gasteiger partial charge on any atom is -0.355 e. The quantitative estimate of drug-likeness (QED) is 0.512. The van der Waals surface area contributed by atoms with Gasteiger partial charge < -0.3 is 10.2 Å². The van der Waals surface area contributed by atoms with E-state index in [4.69, 9.17) is 5.10 Å². The fourth-order valence-corrected chi connectivity index (χ4v) is 3.66. The fraction of sp³-hybridized carbons (Fsp3) is 0.474. The van der Waals surface area contributed by atoms with E-state index in [2.05, 4.69) is 56.3 Å². The van der Waals surface area contributed by atoms with E-state index >= 15 is 0 Å². The van der Waals surface area contributed by atoms with Crippen LogP contribution in [-0.4, -0.2) is 59.2 Å². The van der Waals surface area contributed by atoms with E-state index in [9.17, 15) is 4.79 Å². The Hall–Kier alpha value is -3.50. The van der Waals surface area contributed by atoms with Gasteiger partial charge in [0.1, 0.15) is 11.2 Å². The van der Waals surface area contributed by atoms with Gasteiger partial charge in [0, 0.05) is 38.0 Å². The van der Waals surface area contributed by atoms with Crippen molar-refractivity contribution >= 4 is 28.4 Å². The summed E-state index contributed by atoms with van der Waals surface area (Å²) in [6.45, 7) is 8.76. The summed E-state index contributed by atoms with van der Waals surface area (Å²) in [4.78, 5) is 21.6. The maximum Gasteiger partial charge on any atom is 0.263 e. The summed E-state index contributed by atoms with van der Waals surface area (Å²) in [5, 5.41) is 21.1. The summed E-state index contributed by atoms with van der Waals surface area (Å²) in [6, 6.07) is 3.93. The van der Waals surface area contributed by atoms with Crippen molar-refractivity contribution in [3.8, 4) is 0 Å². The van der Waals surface area contributed by atoms with Gasteiger partial charge in [0.25, 0.3) is 5.56 Å². The molecule has 1 fully saturated rings. The zero-order valence-electron chi connectivity index (χ0n) is 17.4. The zero-order chi connectivity index (χ0) is 21.0. The van der Waals surface area contributed by atoms with Crippen LogP contribution in [0.15, 0.2) is 23.1 Å². The Labute approximate surface area is 172 Å². The SMILES string of the molecule is Cn1ncc2c(=O)[nH]c(NCC3CN(c4ccc5nnc(C(C)(C)C)n5n4)C3)nc21. The number of hydrogen-bond donors (Lipinski definition) is 2. The number of H-pyrrole nitrogens is 1. The molecule has 0 atom stereocenters. The van der Waals surface area contributed by atoms with Crippen LogP contribution in [0, 0.1) is 5.92 Å². The molecule has 0 radical (unpaired) electrons. The van der Waals surface area contributed by atoms with Crippen LogP contribution in [0.25, 0.3) is 16.7 Å². The first kappa shape index (κ1) is 18.5. The second kappa shape index (κ2) is 6.51. The molecule has 5 heterocycles. The van der Waals surface area contributed by atoms with Crippen molar-refractivity contribution < 1.29 is 0 Å². The number of anilines is 2. The Balaban J connectivity index is 1.26. The van der Waals surface area contributed by atoms with E-state index in [0.29, 0.717) is 29.4 Å². The van der Waals surface area contributed by atoms with Crippen molar-refractivity contribution in [1.29, 1.82) is 0 Å². The Morgan fingerprint density at radius 1 is 1.23 bits per heavy atom. The zero-order valence-corrected chi connectivity index (χ0v) is 17.4. The van der Waals surface area contributed by atoms with Gasteiger partial charge in [-0.3, -0.25) is 14.5 Å². The molecule has 156 valence electrons. The number of rotatable bonds is 4. The molecule has 4 aromatic heterocycles. The van der Waals surface area contributed by atoms with Gasteiger partial charge >= 0.3 is 0 Å². The van der Waals surface area contributed by atoms with E-state index in [-0.39, 0.29) is 11.0 Å². The Kier molecular flexibility index (Phi) is 4.02. The van der Waals surface area contributed by atoms with Gasteiger partial charge in [0.05, 0.1) is 6.20 Å². The van der Waals surface area contributed by atoms with Gasteiger partial charge in [-0.1, -0.05) is 20.8 Å². The molecule has 2 N–H and O–H groups in total. The molecule has 11 heteroatoms. The topological polar surface area (TPSA) is 122 Å². The second-order valence-electron chi connectivity index (χ2n) is 8.81. The predicted molar refractivity (Wildman–Crippen MR) is 113 cm³/mol. The lowest BCUT2D eigenvalue weighted by Gasteiger charge is -2.40. The van der Waals surface area contributed by atoms with Crippen LogP contribution < -0.4 is 15.8 Å². The number of aryl methyl sites for hydroxylation is 1. The lowest BCUT2D eigenvalue weighted by atomic mass is 9.96. The third-order valence-electron chi connectivity index (χ3n) is 5.36. The minimum atomic E-state index is -0.188. The maximum atomic E-state index is 12.1. The molecule has 30 heavy (non-hydrogen) atoms. The van der Waals surface area contributed by atoms with E-state index < -0.39 is 0 Å². The number of hydrogen-bond acceptors (Lipinski definition) is 8. The highest BCUT2D eigenvalue weighted by molar-refractivity contribution is 5.74. The number of fused-ring (bicyclic) bond motifs is 2. The van der Waals surface area contributed by atoms with Crippen LogP contribution in [0.4, 0.5) is 11.8 Å². The number of aromatic nitrogens is 8. The lowest BCUT2D eigenvalue weighted by molar-refractivity contribution is 0.423. The smallest absolute Gasteiger partial charge is 0.263 e. The highest BCUT2D eigenvalue weighted by Gasteiger charge is 2.29. The van der Waals surface area contributed by atoms with Gasteiger partial charge in [-0.15, -0.1) is 15.3 Å². The molecule has 0 amide bonds. The molecule has 1 aliphatic rings. The normalized spacial score (nSPS) is 15.1. The fourth-order valence-electron chi connectivity index (χ4n) is 3.66. The van der Waals surface area contributed by atoms with Crippen LogP contribution in [0.5, 0.6) is 0 Å². The number of nitrogens with zero attached hydrogens (tertiary/aromatic N) is 8. The van der Waals surface area contributed by atoms with Gasteiger partial charge in [-0.05, 0) is 12.1 Å². The molecule has 0 unspecified atom stereocenters. The van der Waals surface area contributed by atoms with Crippen LogP contribution in [-0.2, 0) is 12.5 Å². The van der Waals surface area contributed by atoms with Crippen LogP contribution >= 0.6 is 0 Å². The van der Waals surface area contributed by atoms with Crippen molar-refractivity contribution in [2.24, 2.45) is 13.0 Å². The molecule has 0 aliphatic carbocycles. The van der Waals surface area contributed by atoms with Crippen molar-refractivity contribution in [2.45, 2.75) is 26.2 Å². The second-order valence-corrected chi connectivity index (χ2v) is 8.81. The summed E-state index contributed by atoms with van der Waals surface area (Å²) >= 11 is 0. The first-order valence-corrected chi connectivity index (χ1v) is 9.93. The first-order chi connectivity index (χ1) is 14.3. The minimum absolute atomic E-state index is 0.134. The summed E-state index contributed by atoms with van der Waals surface area (Å²) in [5.74, 6) is 2.65. The molecular formula is C19H24N10O. The number of aromatic amines is 1.